The second kappa shape index (κ2) is 10.3. The van der Waals surface area contributed by atoms with Crippen LogP contribution in [0.25, 0.3) is 10.9 Å². The van der Waals surface area contributed by atoms with Crippen LogP contribution in [0.3, 0.4) is 0 Å². The number of nitrogens with zero attached hydrogens (tertiary/aromatic N) is 3. The summed E-state index contributed by atoms with van der Waals surface area (Å²) in [6.45, 7) is 4.71. The molecule has 0 saturated carbocycles. The molecule has 4 aromatic rings. The molecule has 0 saturated heterocycles. The number of benzene rings is 2. The van der Waals surface area contributed by atoms with Gasteiger partial charge in [0.15, 0.2) is 0 Å². The van der Waals surface area contributed by atoms with E-state index in [-0.39, 0.29) is 11.5 Å². The number of aromatic nitrogens is 2. The molecule has 1 atom stereocenters. The van der Waals surface area contributed by atoms with Crippen molar-refractivity contribution < 1.29 is 9.21 Å². The highest BCUT2D eigenvalue weighted by molar-refractivity contribution is 5.78. The van der Waals surface area contributed by atoms with Gasteiger partial charge in [0.2, 0.25) is 5.91 Å². The first-order valence-corrected chi connectivity index (χ1v) is 11.4. The van der Waals surface area contributed by atoms with Gasteiger partial charge in [0, 0.05) is 6.42 Å². The predicted octanol–water partition coefficient (Wildman–Crippen LogP) is 5.32. The van der Waals surface area contributed by atoms with Crippen molar-refractivity contribution in [2.24, 2.45) is 0 Å². The standard InChI is InChI=1S/C27H29N3O3/c1-3-4-16-25(31)29(19-22-13-10-17-33-22)20(2)26-28-24-15-9-8-14-23(24)27(32)30(26)18-21-11-6-5-7-12-21/h5-15,17,20H,3-4,16,18-19H2,1-2H3. The van der Waals surface area contributed by atoms with E-state index in [1.165, 1.54) is 0 Å². The van der Waals surface area contributed by atoms with Gasteiger partial charge in [0.1, 0.15) is 11.6 Å². The smallest absolute Gasteiger partial charge is 0.261 e. The maximum Gasteiger partial charge on any atom is 0.261 e. The molecule has 0 aliphatic heterocycles. The van der Waals surface area contributed by atoms with Crippen molar-refractivity contribution in [1.29, 1.82) is 0 Å². The molecule has 0 fully saturated rings. The summed E-state index contributed by atoms with van der Waals surface area (Å²) in [6.07, 6.45) is 3.79. The molecule has 2 aromatic heterocycles. The van der Waals surface area contributed by atoms with E-state index < -0.39 is 6.04 Å². The molecule has 0 spiro atoms. The van der Waals surface area contributed by atoms with E-state index in [0.29, 0.717) is 42.0 Å². The average molecular weight is 444 g/mol. The number of carbonyl (C=O) groups is 1. The lowest BCUT2D eigenvalue weighted by atomic mass is 10.1. The fourth-order valence-electron chi connectivity index (χ4n) is 4.05. The van der Waals surface area contributed by atoms with Crippen LogP contribution >= 0.6 is 0 Å². The normalized spacial score (nSPS) is 12.1. The molecule has 0 bridgehead atoms. The Balaban J connectivity index is 1.81. The third-order valence-corrected chi connectivity index (χ3v) is 5.89. The Hall–Kier alpha value is -3.67. The summed E-state index contributed by atoms with van der Waals surface area (Å²) in [5.41, 5.74) is 1.53. The summed E-state index contributed by atoms with van der Waals surface area (Å²) in [7, 11) is 0. The van der Waals surface area contributed by atoms with E-state index in [1.807, 2.05) is 67.6 Å². The Bertz CT molecular complexity index is 1260. The lowest BCUT2D eigenvalue weighted by Gasteiger charge is -2.30. The van der Waals surface area contributed by atoms with Crippen molar-refractivity contribution in [2.75, 3.05) is 0 Å². The van der Waals surface area contributed by atoms with Crippen LogP contribution in [0.2, 0.25) is 0 Å². The summed E-state index contributed by atoms with van der Waals surface area (Å²) < 4.78 is 7.24. The van der Waals surface area contributed by atoms with Crippen molar-refractivity contribution in [1.82, 2.24) is 14.5 Å². The second-order valence-corrected chi connectivity index (χ2v) is 8.24. The summed E-state index contributed by atoms with van der Waals surface area (Å²) in [4.78, 5) is 33.4. The second-order valence-electron chi connectivity index (χ2n) is 8.24. The van der Waals surface area contributed by atoms with Crippen molar-refractivity contribution >= 4 is 16.8 Å². The molecule has 2 aromatic carbocycles. The van der Waals surface area contributed by atoms with E-state index in [0.717, 1.165) is 18.4 Å². The first-order valence-electron chi connectivity index (χ1n) is 11.4. The summed E-state index contributed by atoms with van der Waals surface area (Å²) in [6, 6.07) is 20.5. The maximum absolute atomic E-state index is 13.5. The number of fused-ring (bicyclic) bond motifs is 1. The highest BCUT2D eigenvalue weighted by Gasteiger charge is 2.27. The minimum absolute atomic E-state index is 0.0226. The molecule has 4 rings (SSSR count). The molecule has 1 unspecified atom stereocenters. The predicted molar refractivity (Wildman–Crippen MR) is 129 cm³/mol. The van der Waals surface area contributed by atoms with Gasteiger partial charge in [0.05, 0.1) is 36.3 Å². The third-order valence-electron chi connectivity index (χ3n) is 5.89. The lowest BCUT2D eigenvalue weighted by Crippen LogP contribution is -2.37. The molecular formula is C27H29N3O3. The fourth-order valence-corrected chi connectivity index (χ4v) is 4.05. The molecule has 33 heavy (non-hydrogen) atoms. The quantitative estimate of drug-likeness (QED) is 0.351. The Kier molecular flexibility index (Phi) is 7.03. The van der Waals surface area contributed by atoms with Crippen LogP contribution in [-0.2, 0) is 17.9 Å². The molecule has 1 amide bonds. The van der Waals surface area contributed by atoms with E-state index >= 15 is 0 Å². The van der Waals surface area contributed by atoms with Crippen molar-refractivity contribution in [3.05, 3.63) is 100 Å². The molecular weight excluding hydrogens is 414 g/mol. The van der Waals surface area contributed by atoms with Gasteiger partial charge in [-0.15, -0.1) is 0 Å². The molecule has 6 heteroatoms. The van der Waals surface area contributed by atoms with Crippen LogP contribution in [0.5, 0.6) is 0 Å². The number of hydrogen-bond donors (Lipinski definition) is 0. The molecule has 170 valence electrons. The third kappa shape index (κ3) is 5.06. The average Bonchev–Trinajstić information content (AvgIpc) is 3.36. The minimum Gasteiger partial charge on any atom is -0.467 e. The molecule has 0 N–H and O–H groups in total. The topological polar surface area (TPSA) is 68.3 Å². The van der Waals surface area contributed by atoms with Crippen LogP contribution in [0.1, 0.15) is 56.3 Å². The van der Waals surface area contributed by atoms with Gasteiger partial charge in [-0.3, -0.25) is 14.2 Å². The van der Waals surface area contributed by atoms with E-state index in [1.54, 1.807) is 21.8 Å². The molecule has 0 radical (unpaired) electrons. The zero-order chi connectivity index (χ0) is 23.2. The van der Waals surface area contributed by atoms with Crippen molar-refractivity contribution in [2.45, 2.75) is 52.2 Å². The maximum atomic E-state index is 13.5. The van der Waals surface area contributed by atoms with Crippen LogP contribution in [0.4, 0.5) is 0 Å². The number of para-hydroxylation sites is 1. The zero-order valence-electron chi connectivity index (χ0n) is 19.1. The zero-order valence-corrected chi connectivity index (χ0v) is 19.1. The molecule has 0 aliphatic rings. The van der Waals surface area contributed by atoms with Crippen LogP contribution in [-0.4, -0.2) is 20.4 Å². The summed E-state index contributed by atoms with van der Waals surface area (Å²) in [5.74, 6) is 1.29. The Morgan fingerprint density at radius 2 is 1.82 bits per heavy atom. The fraction of sp³-hybridized carbons (Fsp3) is 0.296. The van der Waals surface area contributed by atoms with E-state index in [4.69, 9.17) is 9.40 Å². The monoisotopic (exact) mass is 443 g/mol. The van der Waals surface area contributed by atoms with Crippen LogP contribution < -0.4 is 5.56 Å². The van der Waals surface area contributed by atoms with Gasteiger partial charge in [0.25, 0.3) is 5.56 Å². The number of unbranched alkanes of at least 4 members (excludes halogenated alkanes) is 1. The number of rotatable bonds is 9. The lowest BCUT2D eigenvalue weighted by molar-refractivity contribution is -0.134. The summed E-state index contributed by atoms with van der Waals surface area (Å²) in [5, 5.41) is 0.569. The number of hydrogen-bond acceptors (Lipinski definition) is 4. The Labute approximate surface area is 193 Å². The van der Waals surface area contributed by atoms with Crippen molar-refractivity contribution in [3.63, 3.8) is 0 Å². The molecule has 0 aliphatic carbocycles. The van der Waals surface area contributed by atoms with Crippen molar-refractivity contribution in [3.8, 4) is 0 Å². The number of carbonyl (C=O) groups excluding carboxylic acids is 1. The minimum atomic E-state index is -0.416. The van der Waals surface area contributed by atoms with Gasteiger partial charge < -0.3 is 9.32 Å². The highest BCUT2D eigenvalue weighted by Crippen LogP contribution is 2.24. The van der Waals surface area contributed by atoms with E-state index in [2.05, 4.69) is 6.92 Å². The summed E-state index contributed by atoms with van der Waals surface area (Å²) >= 11 is 0. The SMILES string of the molecule is CCCCC(=O)N(Cc1ccco1)C(C)c1nc2ccccc2c(=O)n1Cc1ccccc1. The number of furan rings is 1. The highest BCUT2D eigenvalue weighted by atomic mass is 16.3. The Morgan fingerprint density at radius 1 is 1.06 bits per heavy atom. The van der Waals surface area contributed by atoms with Gasteiger partial charge >= 0.3 is 0 Å². The van der Waals surface area contributed by atoms with Gasteiger partial charge in [-0.05, 0) is 43.2 Å². The van der Waals surface area contributed by atoms with Gasteiger partial charge in [-0.25, -0.2) is 4.98 Å². The van der Waals surface area contributed by atoms with Gasteiger partial charge in [-0.2, -0.15) is 0 Å². The van der Waals surface area contributed by atoms with Gasteiger partial charge in [-0.1, -0.05) is 55.8 Å². The van der Waals surface area contributed by atoms with Crippen LogP contribution in [0, 0.1) is 0 Å². The Morgan fingerprint density at radius 3 is 2.55 bits per heavy atom. The largest absolute Gasteiger partial charge is 0.467 e. The molecule has 6 nitrogen and oxygen atoms in total. The van der Waals surface area contributed by atoms with Crippen LogP contribution in [0.15, 0.2) is 82.2 Å². The number of amides is 1. The first kappa shape index (κ1) is 22.5. The molecule has 2 heterocycles. The first-order chi connectivity index (χ1) is 16.1. The van der Waals surface area contributed by atoms with E-state index in [9.17, 15) is 9.59 Å².